The highest BCUT2D eigenvalue weighted by atomic mass is 16.5. The quantitative estimate of drug-likeness (QED) is 0.605. The standard InChI is InChI=1S/C23H38N2O3/c1-24(2)19-23(11-17-27-18-12-23)20-5-7-22(8-6-20)28-16-4-13-25-14-9-21(26-3)10-15-25/h5-8,21H,4,9-19H2,1-3H3. The molecule has 0 N–H and O–H groups in total. The monoisotopic (exact) mass is 390 g/mol. The first-order chi connectivity index (χ1) is 13.6. The molecule has 0 unspecified atom stereocenters. The summed E-state index contributed by atoms with van der Waals surface area (Å²) < 4.78 is 17.1. The minimum atomic E-state index is 0.203. The zero-order valence-electron chi connectivity index (χ0n) is 18.0. The summed E-state index contributed by atoms with van der Waals surface area (Å²) in [7, 11) is 6.14. The first-order valence-corrected chi connectivity index (χ1v) is 10.8. The van der Waals surface area contributed by atoms with Crippen molar-refractivity contribution in [1.82, 2.24) is 9.80 Å². The molecule has 2 fully saturated rings. The van der Waals surface area contributed by atoms with Crippen molar-refractivity contribution < 1.29 is 14.2 Å². The average molecular weight is 391 g/mol. The van der Waals surface area contributed by atoms with Gasteiger partial charge in [0.1, 0.15) is 5.75 Å². The van der Waals surface area contributed by atoms with Gasteiger partial charge in [-0.1, -0.05) is 12.1 Å². The van der Waals surface area contributed by atoms with Crippen molar-refractivity contribution in [3.63, 3.8) is 0 Å². The van der Waals surface area contributed by atoms with Crippen LogP contribution < -0.4 is 4.74 Å². The van der Waals surface area contributed by atoms with Crippen molar-refractivity contribution in [3.05, 3.63) is 29.8 Å². The molecular weight excluding hydrogens is 352 g/mol. The normalized spacial score (nSPS) is 21.1. The second-order valence-corrected chi connectivity index (χ2v) is 8.63. The summed E-state index contributed by atoms with van der Waals surface area (Å²) in [4.78, 5) is 4.82. The van der Waals surface area contributed by atoms with Gasteiger partial charge in [-0.2, -0.15) is 0 Å². The van der Waals surface area contributed by atoms with Gasteiger partial charge in [0.2, 0.25) is 0 Å². The Balaban J connectivity index is 1.45. The van der Waals surface area contributed by atoms with E-state index in [9.17, 15) is 0 Å². The van der Waals surface area contributed by atoms with Gasteiger partial charge in [-0.25, -0.2) is 0 Å². The first kappa shape index (κ1) is 21.6. The molecule has 158 valence electrons. The van der Waals surface area contributed by atoms with E-state index in [-0.39, 0.29) is 5.41 Å². The van der Waals surface area contributed by atoms with Crippen molar-refractivity contribution in [2.75, 3.05) is 67.2 Å². The Kier molecular flexibility index (Phi) is 8.15. The van der Waals surface area contributed by atoms with Crippen molar-refractivity contribution in [3.8, 4) is 5.75 Å². The summed E-state index contributed by atoms with van der Waals surface area (Å²) >= 11 is 0. The van der Waals surface area contributed by atoms with E-state index < -0.39 is 0 Å². The van der Waals surface area contributed by atoms with Crippen LogP contribution in [-0.4, -0.2) is 83.1 Å². The lowest BCUT2D eigenvalue weighted by atomic mass is 9.74. The largest absolute Gasteiger partial charge is 0.494 e. The lowest BCUT2D eigenvalue weighted by Crippen LogP contribution is -2.42. The third kappa shape index (κ3) is 5.93. The number of benzene rings is 1. The van der Waals surface area contributed by atoms with Crippen LogP contribution in [0.5, 0.6) is 5.75 Å². The maximum atomic E-state index is 6.01. The Bertz CT molecular complexity index is 562. The minimum absolute atomic E-state index is 0.203. The van der Waals surface area contributed by atoms with E-state index in [4.69, 9.17) is 14.2 Å². The van der Waals surface area contributed by atoms with Crippen LogP contribution >= 0.6 is 0 Å². The van der Waals surface area contributed by atoms with E-state index in [1.54, 1.807) is 0 Å². The third-order valence-electron chi connectivity index (χ3n) is 6.29. The summed E-state index contributed by atoms with van der Waals surface area (Å²) in [6, 6.07) is 8.82. The minimum Gasteiger partial charge on any atom is -0.494 e. The molecule has 0 aliphatic carbocycles. The third-order valence-corrected chi connectivity index (χ3v) is 6.29. The number of likely N-dealkylation sites (N-methyl/N-ethyl adjacent to an activating group) is 1. The van der Waals surface area contributed by atoms with Gasteiger partial charge in [0.15, 0.2) is 0 Å². The topological polar surface area (TPSA) is 34.2 Å². The first-order valence-electron chi connectivity index (χ1n) is 10.8. The highest BCUT2D eigenvalue weighted by Crippen LogP contribution is 2.36. The van der Waals surface area contributed by atoms with E-state index in [2.05, 4.69) is 48.2 Å². The van der Waals surface area contributed by atoms with Crippen molar-refractivity contribution in [1.29, 1.82) is 0 Å². The maximum absolute atomic E-state index is 6.01. The van der Waals surface area contributed by atoms with Crippen LogP contribution in [-0.2, 0) is 14.9 Å². The molecule has 0 amide bonds. The van der Waals surface area contributed by atoms with Gasteiger partial charge >= 0.3 is 0 Å². The van der Waals surface area contributed by atoms with Crippen LogP contribution in [0.15, 0.2) is 24.3 Å². The summed E-state index contributed by atoms with van der Waals surface area (Å²) in [5, 5.41) is 0. The summed E-state index contributed by atoms with van der Waals surface area (Å²) in [5.74, 6) is 0.980. The van der Waals surface area contributed by atoms with Gasteiger partial charge in [0.25, 0.3) is 0 Å². The second kappa shape index (κ2) is 10.6. The van der Waals surface area contributed by atoms with E-state index in [0.29, 0.717) is 6.10 Å². The Hall–Kier alpha value is -1.14. The molecule has 2 aliphatic heterocycles. The van der Waals surface area contributed by atoms with Crippen molar-refractivity contribution in [2.45, 2.75) is 43.6 Å². The van der Waals surface area contributed by atoms with E-state index in [1.807, 2.05) is 7.11 Å². The van der Waals surface area contributed by atoms with Crippen LogP contribution in [0.1, 0.15) is 37.7 Å². The predicted octanol–water partition coefficient (Wildman–Crippen LogP) is 3.18. The Morgan fingerprint density at radius 3 is 2.39 bits per heavy atom. The van der Waals surface area contributed by atoms with Gasteiger partial charge in [0.05, 0.1) is 12.7 Å². The van der Waals surface area contributed by atoms with Gasteiger partial charge in [-0.3, -0.25) is 0 Å². The molecule has 1 aromatic rings. The molecule has 0 spiro atoms. The van der Waals surface area contributed by atoms with Crippen LogP contribution in [0.3, 0.4) is 0 Å². The SMILES string of the molecule is COC1CCN(CCCOc2ccc(C3(CN(C)C)CCOCC3)cc2)CC1. The molecule has 2 aliphatic rings. The Labute approximate surface area is 170 Å². The molecular formula is C23H38N2O3. The number of methoxy groups -OCH3 is 1. The molecule has 5 heteroatoms. The fourth-order valence-corrected chi connectivity index (χ4v) is 4.66. The highest BCUT2D eigenvalue weighted by Gasteiger charge is 2.34. The Morgan fingerprint density at radius 2 is 1.79 bits per heavy atom. The zero-order valence-corrected chi connectivity index (χ0v) is 18.0. The molecule has 3 rings (SSSR count). The van der Waals surface area contributed by atoms with Gasteiger partial charge in [-0.05, 0) is 63.9 Å². The smallest absolute Gasteiger partial charge is 0.119 e. The van der Waals surface area contributed by atoms with E-state index >= 15 is 0 Å². The predicted molar refractivity (Wildman–Crippen MR) is 113 cm³/mol. The number of likely N-dealkylation sites (tertiary alicyclic amines) is 1. The second-order valence-electron chi connectivity index (χ2n) is 8.63. The Morgan fingerprint density at radius 1 is 1.11 bits per heavy atom. The molecule has 0 bridgehead atoms. The number of piperidine rings is 1. The highest BCUT2D eigenvalue weighted by molar-refractivity contribution is 5.33. The van der Waals surface area contributed by atoms with E-state index in [0.717, 1.165) is 83.9 Å². The molecule has 2 saturated heterocycles. The molecule has 0 aromatic heterocycles. The molecule has 28 heavy (non-hydrogen) atoms. The van der Waals surface area contributed by atoms with Gasteiger partial charge < -0.3 is 24.0 Å². The van der Waals surface area contributed by atoms with Crippen LogP contribution in [0, 0.1) is 0 Å². The molecule has 0 radical (unpaired) electrons. The number of hydrogen-bond acceptors (Lipinski definition) is 5. The molecule has 0 atom stereocenters. The van der Waals surface area contributed by atoms with Crippen LogP contribution in [0.4, 0.5) is 0 Å². The van der Waals surface area contributed by atoms with Gasteiger partial charge in [-0.15, -0.1) is 0 Å². The number of nitrogens with zero attached hydrogens (tertiary/aromatic N) is 2. The van der Waals surface area contributed by atoms with E-state index in [1.165, 1.54) is 5.56 Å². The number of hydrogen-bond donors (Lipinski definition) is 0. The molecule has 1 aromatic carbocycles. The summed E-state index contributed by atoms with van der Waals surface area (Å²) in [6.45, 7) is 6.95. The fraction of sp³-hybridized carbons (Fsp3) is 0.739. The van der Waals surface area contributed by atoms with Crippen molar-refractivity contribution >= 4 is 0 Å². The van der Waals surface area contributed by atoms with Gasteiger partial charge in [0, 0.05) is 51.9 Å². The molecule has 5 nitrogen and oxygen atoms in total. The molecule has 0 saturated carbocycles. The van der Waals surface area contributed by atoms with Crippen LogP contribution in [0.25, 0.3) is 0 Å². The maximum Gasteiger partial charge on any atom is 0.119 e. The summed E-state index contributed by atoms with van der Waals surface area (Å²) in [5.41, 5.74) is 1.62. The lowest BCUT2D eigenvalue weighted by molar-refractivity contribution is 0.0398. The zero-order chi connectivity index (χ0) is 19.8. The molecule has 2 heterocycles. The van der Waals surface area contributed by atoms with Crippen molar-refractivity contribution in [2.24, 2.45) is 0 Å². The fourth-order valence-electron chi connectivity index (χ4n) is 4.66. The number of ether oxygens (including phenoxy) is 3. The summed E-state index contributed by atoms with van der Waals surface area (Å²) in [6.07, 6.45) is 6.01. The average Bonchev–Trinajstić information content (AvgIpc) is 2.72. The van der Waals surface area contributed by atoms with Crippen LogP contribution in [0.2, 0.25) is 0 Å². The number of rotatable bonds is 9. The lowest BCUT2D eigenvalue weighted by Gasteiger charge is -2.39.